The van der Waals surface area contributed by atoms with Crippen LogP contribution in [0, 0.1) is 0 Å². The summed E-state index contributed by atoms with van der Waals surface area (Å²) >= 11 is 0. The number of hydrogen-bond donors (Lipinski definition) is 0. The van der Waals surface area contributed by atoms with Crippen LogP contribution in [0.3, 0.4) is 0 Å². The van der Waals surface area contributed by atoms with Crippen molar-refractivity contribution in [2.75, 3.05) is 0 Å². The molecule has 0 aliphatic heterocycles. The van der Waals surface area contributed by atoms with Crippen LogP contribution in [0.1, 0.15) is 0 Å². The third-order valence-corrected chi connectivity index (χ3v) is 8.18. The minimum absolute atomic E-state index is 0.881. The minimum atomic E-state index is 0.881. The third-order valence-electron chi connectivity index (χ3n) is 8.18. The van der Waals surface area contributed by atoms with Gasteiger partial charge < -0.3 is 9.13 Å². The Hall–Kier alpha value is -5.48. The summed E-state index contributed by atoms with van der Waals surface area (Å²) in [6.07, 6.45) is 3.51. The Kier molecular flexibility index (Phi) is 4.30. The maximum Gasteiger partial charge on any atom is 0.0907 e. The molecule has 0 unspecified atom stereocenters. The molecule has 3 heterocycles. The largest absolute Gasteiger partial charge is 0.307 e. The number of rotatable bonds is 2. The van der Waals surface area contributed by atoms with Crippen molar-refractivity contribution in [3.63, 3.8) is 0 Å². The zero-order valence-corrected chi connectivity index (χ0v) is 21.5. The molecule has 9 rings (SSSR count). The van der Waals surface area contributed by atoms with Crippen molar-refractivity contribution in [1.82, 2.24) is 19.1 Å². The zero-order chi connectivity index (χ0) is 26.2. The van der Waals surface area contributed by atoms with Crippen LogP contribution in [-0.4, -0.2) is 19.1 Å². The molecule has 4 nitrogen and oxygen atoms in total. The molecule has 0 amide bonds. The maximum absolute atomic E-state index is 4.64. The van der Waals surface area contributed by atoms with E-state index in [4.69, 9.17) is 0 Å². The van der Waals surface area contributed by atoms with Gasteiger partial charge in [-0.15, -0.1) is 0 Å². The lowest BCUT2D eigenvalue weighted by molar-refractivity contribution is 1.15. The van der Waals surface area contributed by atoms with Gasteiger partial charge in [0.2, 0.25) is 0 Å². The predicted octanol–water partition coefficient (Wildman–Crippen LogP) is 8.98. The SMILES string of the molecule is c1ccc(-n2c3ccccc3c3ccc4c5c6ccccc6ccc5n(-c5ccc6nccnc6c5)c4c32)cc1. The predicted molar refractivity (Wildman–Crippen MR) is 166 cm³/mol. The first-order chi connectivity index (χ1) is 19.9. The van der Waals surface area contributed by atoms with E-state index >= 15 is 0 Å². The summed E-state index contributed by atoms with van der Waals surface area (Å²) in [5.41, 5.74) is 8.74. The number of para-hydroxylation sites is 2. The van der Waals surface area contributed by atoms with E-state index in [1.165, 1.54) is 54.4 Å². The second-order valence-electron chi connectivity index (χ2n) is 10.3. The first-order valence-electron chi connectivity index (χ1n) is 13.5. The van der Waals surface area contributed by atoms with E-state index in [0.717, 1.165) is 22.4 Å². The van der Waals surface area contributed by atoms with Crippen molar-refractivity contribution in [3.05, 3.63) is 134 Å². The maximum atomic E-state index is 4.64. The highest BCUT2D eigenvalue weighted by Crippen LogP contribution is 2.43. The van der Waals surface area contributed by atoms with Crippen molar-refractivity contribution in [1.29, 1.82) is 0 Å². The van der Waals surface area contributed by atoms with Gasteiger partial charge in [-0.3, -0.25) is 9.97 Å². The molecule has 0 bridgehead atoms. The van der Waals surface area contributed by atoms with Gasteiger partial charge >= 0.3 is 0 Å². The average Bonchev–Trinajstić information content (AvgIpc) is 3.54. The van der Waals surface area contributed by atoms with Gasteiger partial charge in [-0.05, 0) is 53.2 Å². The summed E-state index contributed by atoms with van der Waals surface area (Å²) in [6.45, 7) is 0. The van der Waals surface area contributed by atoms with Gasteiger partial charge in [0.25, 0.3) is 0 Å². The molecule has 6 aromatic carbocycles. The Balaban J connectivity index is 1.57. The molecule has 0 atom stereocenters. The van der Waals surface area contributed by atoms with Gasteiger partial charge in [-0.25, -0.2) is 0 Å². The summed E-state index contributed by atoms with van der Waals surface area (Å²) in [5, 5.41) is 7.47. The highest BCUT2D eigenvalue weighted by molar-refractivity contribution is 6.28. The summed E-state index contributed by atoms with van der Waals surface area (Å²) in [7, 11) is 0. The number of fused-ring (bicyclic) bond motifs is 10. The van der Waals surface area contributed by atoms with Gasteiger partial charge in [0.15, 0.2) is 0 Å². The Morgan fingerprint density at radius 1 is 0.425 bits per heavy atom. The van der Waals surface area contributed by atoms with Crippen molar-refractivity contribution >= 4 is 65.4 Å². The monoisotopic (exact) mass is 510 g/mol. The van der Waals surface area contributed by atoms with Crippen LogP contribution in [0.4, 0.5) is 0 Å². The molecule has 9 aromatic rings. The lowest BCUT2D eigenvalue weighted by atomic mass is 10.0. The van der Waals surface area contributed by atoms with Crippen LogP contribution in [-0.2, 0) is 0 Å². The molecule has 0 aliphatic carbocycles. The van der Waals surface area contributed by atoms with Gasteiger partial charge in [0.05, 0.1) is 33.1 Å². The zero-order valence-electron chi connectivity index (χ0n) is 21.5. The third kappa shape index (κ3) is 2.85. The molecule has 0 saturated heterocycles. The molecule has 3 aromatic heterocycles. The molecule has 0 spiro atoms. The Bertz CT molecular complexity index is 2430. The van der Waals surface area contributed by atoms with E-state index in [1.54, 1.807) is 12.4 Å². The summed E-state index contributed by atoms with van der Waals surface area (Å²) in [5.74, 6) is 0. The lowest BCUT2D eigenvalue weighted by Gasteiger charge is -2.13. The number of aromatic nitrogens is 4. The van der Waals surface area contributed by atoms with Crippen LogP contribution in [0.25, 0.3) is 76.8 Å². The quantitative estimate of drug-likeness (QED) is 0.233. The normalized spacial score (nSPS) is 12.0. The minimum Gasteiger partial charge on any atom is -0.307 e. The fourth-order valence-corrected chi connectivity index (χ4v) is 6.52. The van der Waals surface area contributed by atoms with E-state index in [2.05, 4.69) is 140 Å². The van der Waals surface area contributed by atoms with Crippen LogP contribution >= 0.6 is 0 Å². The molecule has 40 heavy (non-hydrogen) atoms. The fourth-order valence-electron chi connectivity index (χ4n) is 6.52. The molecule has 186 valence electrons. The van der Waals surface area contributed by atoms with Crippen LogP contribution in [0.15, 0.2) is 134 Å². The van der Waals surface area contributed by atoms with E-state index < -0.39 is 0 Å². The van der Waals surface area contributed by atoms with E-state index in [0.29, 0.717) is 0 Å². The molecular weight excluding hydrogens is 488 g/mol. The summed E-state index contributed by atoms with van der Waals surface area (Å²) in [4.78, 5) is 9.17. The van der Waals surface area contributed by atoms with Crippen LogP contribution in [0.2, 0.25) is 0 Å². The van der Waals surface area contributed by atoms with Crippen molar-refractivity contribution in [2.45, 2.75) is 0 Å². The van der Waals surface area contributed by atoms with Crippen LogP contribution in [0.5, 0.6) is 0 Å². The molecule has 0 aliphatic rings. The molecule has 4 heteroatoms. The van der Waals surface area contributed by atoms with Gasteiger partial charge in [-0.2, -0.15) is 0 Å². The number of benzene rings is 6. The molecular formula is C36H22N4. The first kappa shape index (κ1) is 21.5. The Morgan fingerprint density at radius 3 is 2.02 bits per heavy atom. The van der Waals surface area contributed by atoms with E-state index in [-0.39, 0.29) is 0 Å². The highest BCUT2D eigenvalue weighted by atomic mass is 15.0. The van der Waals surface area contributed by atoms with Gasteiger partial charge in [0.1, 0.15) is 0 Å². The molecule has 0 saturated carbocycles. The van der Waals surface area contributed by atoms with Crippen molar-refractivity contribution < 1.29 is 0 Å². The molecule has 0 fully saturated rings. The van der Waals surface area contributed by atoms with E-state index in [1.807, 2.05) is 0 Å². The van der Waals surface area contributed by atoms with Crippen LogP contribution < -0.4 is 0 Å². The van der Waals surface area contributed by atoms with E-state index in [9.17, 15) is 0 Å². The summed E-state index contributed by atoms with van der Waals surface area (Å²) in [6, 6.07) is 43.6. The lowest BCUT2D eigenvalue weighted by Crippen LogP contribution is -1.99. The smallest absolute Gasteiger partial charge is 0.0907 e. The van der Waals surface area contributed by atoms with Gasteiger partial charge in [-0.1, -0.05) is 78.9 Å². The Morgan fingerprint density at radius 2 is 1.12 bits per heavy atom. The summed E-state index contributed by atoms with van der Waals surface area (Å²) < 4.78 is 4.84. The first-order valence-corrected chi connectivity index (χ1v) is 13.5. The topological polar surface area (TPSA) is 35.6 Å². The number of nitrogens with zero attached hydrogens (tertiary/aromatic N) is 4. The highest BCUT2D eigenvalue weighted by Gasteiger charge is 2.22. The number of hydrogen-bond acceptors (Lipinski definition) is 2. The Labute approximate surface area is 229 Å². The molecule has 0 N–H and O–H groups in total. The van der Waals surface area contributed by atoms with Crippen molar-refractivity contribution in [2.24, 2.45) is 0 Å². The fraction of sp³-hybridized carbons (Fsp3) is 0. The average molecular weight is 511 g/mol. The van der Waals surface area contributed by atoms with Crippen molar-refractivity contribution in [3.8, 4) is 11.4 Å². The standard InChI is InChI=1S/C36H22N4/c1-2-9-24(10-3-1)39-32-13-7-6-12-27(32)28-16-17-29-34-26-11-5-4-8-23(26)14-19-33(34)40(36(29)35(28)39)25-15-18-30-31(22-25)38-21-20-37-30/h1-22H. The van der Waals surface area contributed by atoms with Gasteiger partial charge in [0, 0.05) is 45.3 Å². The molecule has 0 radical (unpaired) electrons. The second-order valence-corrected chi connectivity index (χ2v) is 10.3. The second kappa shape index (κ2) is 8.01.